The highest BCUT2D eigenvalue weighted by molar-refractivity contribution is 5.29. The molecule has 4 heteroatoms. The van der Waals surface area contributed by atoms with Crippen LogP contribution in [0.3, 0.4) is 0 Å². The summed E-state index contributed by atoms with van der Waals surface area (Å²) in [6.45, 7) is 5.85. The van der Waals surface area contributed by atoms with Crippen molar-refractivity contribution in [3.63, 3.8) is 0 Å². The Morgan fingerprint density at radius 3 is 2.55 bits per heavy atom. The molecule has 11 heavy (non-hydrogen) atoms. The zero-order chi connectivity index (χ0) is 8.48. The maximum atomic E-state index is 5.43. The lowest BCUT2D eigenvalue weighted by Gasteiger charge is -2.19. The summed E-state index contributed by atoms with van der Waals surface area (Å²) in [7, 11) is 0. The topological polar surface area (TPSA) is 53.1 Å². The van der Waals surface area contributed by atoms with Crippen molar-refractivity contribution in [2.24, 2.45) is 0 Å². The fourth-order valence-corrected chi connectivity index (χ4v) is 0.648. The number of rotatable bonds is 1. The first-order valence-corrected chi connectivity index (χ1v) is 3.47. The summed E-state index contributed by atoms with van der Waals surface area (Å²) in [5.41, 5.74) is 5.80. The van der Waals surface area contributed by atoms with Crippen LogP contribution in [0.2, 0.25) is 0 Å². The van der Waals surface area contributed by atoms with Gasteiger partial charge in [0.1, 0.15) is 5.60 Å². The molecule has 1 aromatic heterocycles. The van der Waals surface area contributed by atoms with Gasteiger partial charge in [0.2, 0.25) is 0 Å². The van der Waals surface area contributed by atoms with Crippen molar-refractivity contribution < 1.29 is 4.84 Å². The van der Waals surface area contributed by atoms with Crippen molar-refractivity contribution in [3.8, 4) is 0 Å². The number of aromatic nitrogens is 2. The highest BCUT2D eigenvalue weighted by atomic mass is 16.7. The maximum Gasteiger partial charge on any atom is 0.129 e. The van der Waals surface area contributed by atoms with Crippen LogP contribution < -0.4 is 10.6 Å². The molecule has 1 aromatic rings. The van der Waals surface area contributed by atoms with E-state index in [1.165, 1.54) is 4.85 Å². The van der Waals surface area contributed by atoms with E-state index in [4.69, 9.17) is 10.6 Å². The van der Waals surface area contributed by atoms with Crippen LogP contribution in [0.5, 0.6) is 0 Å². The first-order valence-electron chi connectivity index (χ1n) is 3.47. The predicted octanol–water partition coefficient (Wildman–Crippen LogP) is 0.692. The van der Waals surface area contributed by atoms with E-state index in [1.54, 1.807) is 12.4 Å². The Balaban J connectivity index is 2.65. The van der Waals surface area contributed by atoms with Crippen molar-refractivity contribution in [3.05, 3.63) is 12.4 Å². The summed E-state index contributed by atoms with van der Waals surface area (Å²) in [5.74, 6) is 0. The van der Waals surface area contributed by atoms with Gasteiger partial charge in [-0.25, -0.2) is 0 Å². The SMILES string of the molecule is CC(C)(C)On1cc(N)cn1. The van der Waals surface area contributed by atoms with E-state index in [9.17, 15) is 0 Å². The van der Waals surface area contributed by atoms with Crippen LogP contribution >= 0.6 is 0 Å². The molecule has 0 saturated heterocycles. The van der Waals surface area contributed by atoms with Crippen LogP contribution in [0.15, 0.2) is 12.4 Å². The standard InChI is InChI=1S/C7H13N3O/c1-7(2,3)11-10-5-6(8)4-9-10/h4-5H,8H2,1-3H3. The monoisotopic (exact) mass is 155 g/mol. The van der Waals surface area contributed by atoms with Gasteiger partial charge in [-0.3, -0.25) is 0 Å². The van der Waals surface area contributed by atoms with Gasteiger partial charge in [-0.15, -0.1) is 9.94 Å². The smallest absolute Gasteiger partial charge is 0.129 e. The minimum absolute atomic E-state index is 0.238. The zero-order valence-electron chi connectivity index (χ0n) is 7.03. The molecule has 0 radical (unpaired) electrons. The molecular formula is C7H13N3O. The Hall–Kier alpha value is -1.19. The molecule has 4 nitrogen and oxygen atoms in total. The largest absolute Gasteiger partial charge is 0.396 e. The van der Waals surface area contributed by atoms with Crippen LogP contribution in [0.1, 0.15) is 20.8 Å². The van der Waals surface area contributed by atoms with Crippen LogP contribution in [-0.4, -0.2) is 15.5 Å². The third-order valence-electron chi connectivity index (χ3n) is 0.948. The number of nitrogens with two attached hydrogens (primary N) is 1. The van der Waals surface area contributed by atoms with Gasteiger partial charge in [0.05, 0.1) is 18.1 Å². The van der Waals surface area contributed by atoms with Gasteiger partial charge in [-0.05, 0) is 20.8 Å². The molecule has 0 bridgehead atoms. The van der Waals surface area contributed by atoms with Crippen molar-refractivity contribution in [2.75, 3.05) is 5.73 Å². The van der Waals surface area contributed by atoms with Gasteiger partial charge in [0.15, 0.2) is 0 Å². The molecule has 2 N–H and O–H groups in total. The molecule has 0 fully saturated rings. The van der Waals surface area contributed by atoms with Crippen LogP contribution in [0, 0.1) is 0 Å². The third-order valence-corrected chi connectivity index (χ3v) is 0.948. The summed E-state index contributed by atoms with van der Waals surface area (Å²) >= 11 is 0. The van der Waals surface area contributed by atoms with Gasteiger partial charge in [-0.1, -0.05) is 0 Å². The summed E-state index contributed by atoms with van der Waals surface area (Å²) in [5, 5.41) is 3.87. The molecule has 1 rings (SSSR count). The Kier molecular flexibility index (Phi) is 1.76. The summed E-state index contributed by atoms with van der Waals surface area (Å²) < 4.78 is 0. The molecule has 0 saturated carbocycles. The first-order chi connectivity index (χ1) is 4.97. The van der Waals surface area contributed by atoms with E-state index in [2.05, 4.69) is 5.10 Å². The Morgan fingerprint density at radius 2 is 2.18 bits per heavy atom. The third kappa shape index (κ3) is 2.49. The lowest BCUT2D eigenvalue weighted by molar-refractivity contribution is -0.0334. The van der Waals surface area contributed by atoms with E-state index in [1.807, 2.05) is 20.8 Å². The van der Waals surface area contributed by atoms with Crippen molar-refractivity contribution in [2.45, 2.75) is 26.4 Å². The van der Waals surface area contributed by atoms with E-state index >= 15 is 0 Å². The van der Waals surface area contributed by atoms with Crippen molar-refractivity contribution in [1.82, 2.24) is 9.94 Å². The summed E-state index contributed by atoms with van der Waals surface area (Å²) in [6.07, 6.45) is 3.18. The molecule has 62 valence electrons. The van der Waals surface area contributed by atoms with Gasteiger partial charge in [0.25, 0.3) is 0 Å². The van der Waals surface area contributed by atoms with E-state index in [-0.39, 0.29) is 5.60 Å². The molecule has 0 aromatic carbocycles. The maximum absolute atomic E-state index is 5.43. The zero-order valence-corrected chi connectivity index (χ0v) is 7.03. The van der Waals surface area contributed by atoms with Crippen molar-refractivity contribution in [1.29, 1.82) is 0 Å². The molecule has 0 amide bonds. The second kappa shape index (κ2) is 2.45. The molecule has 0 aliphatic carbocycles. The average molecular weight is 155 g/mol. The minimum atomic E-state index is -0.238. The number of nitrogens with zero attached hydrogens (tertiary/aromatic N) is 2. The Morgan fingerprint density at radius 1 is 1.55 bits per heavy atom. The first kappa shape index (κ1) is 7.91. The van der Waals surface area contributed by atoms with Crippen LogP contribution in [-0.2, 0) is 0 Å². The quantitative estimate of drug-likeness (QED) is 0.649. The number of anilines is 1. The lowest BCUT2D eigenvalue weighted by Crippen LogP contribution is -2.31. The predicted molar refractivity (Wildman–Crippen MR) is 43.0 cm³/mol. The van der Waals surface area contributed by atoms with Gasteiger partial charge >= 0.3 is 0 Å². The molecule has 0 unspecified atom stereocenters. The van der Waals surface area contributed by atoms with E-state index in [0.717, 1.165) is 0 Å². The van der Waals surface area contributed by atoms with Crippen molar-refractivity contribution >= 4 is 5.69 Å². The minimum Gasteiger partial charge on any atom is -0.396 e. The normalized spacial score (nSPS) is 11.5. The molecule has 0 atom stereocenters. The molecule has 1 heterocycles. The number of nitrogen functional groups attached to an aromatic ring is 1. The fraction of sp³-hybridized carbons (Fsp3) is 0.571. The lowest BCUT2D eigenvalue weighted by atomic mass is 10.2. The second-order valence-electron chi connectivity index (χ2n) is 3.38. The fourth-order valence-electron chi connectivity index (χ4n) is 0.648. The summed E-state index contributed by atoms with van der Waals surface area (Å²) in [4.78, 5) is 6.72. The second-order valence-corrected chi connectivity index (χ2v) is 3.38. The highest BCUT2D eigenvalue weighted by Crippen LogP contribution is 2.04. The van der Waals surface area contributed by atoms with Gasteiger partial charge in [0, 0.05) is 0 Å². The Bertz CT molecular complexity index is 236. The van der Waals surface area contributed by atoms with E-state index in [0.29, 0.717) is 5.69 Å². The summed E-state index contributed by atoms with van der Waals surface area (Å²) in [6, 6.07) is 0. The van der Waals surface area contributed by atoms with Crippen LogP contribution in [0.4, 0.5) is 5.69 Å². The molecular weight excluding hydrogens is 142 g/mol. The van der Waals surface area contributed by atoms with Gasteiger partial charge in [-0.2, -0.15) is 0 Å². The number of hydrogen-bond donors (Lipinski definition) is 1. The Labute approximate surface area is 65.9 Å². The number of hydrogen-bond acceptors (Lipinski definition) is 3. The molecule has 0 spiro atoms. The average Bonchev–Trinajstić information content (AvgIpc) is 2.10. The van der Waals surface area contributed by atoms with Gasteiger partial charge < -0.3 is 10.6 Å². The molecule has 0 aliphatic heterocycles. The highest BCUT2D eigenvalue weighted by Gasteiger charge is 2.12. The van der Waals surface area contributed by atoms with E-state index < -0.39 is 0 Å². The van der Waals surface area contributed by atoms with Crippen LogP contribution in [0.25, 0.3) is 0 Å². The molecule has 0 aliphatic rings.